The van der Waals surface area contributed by atoms with Crippen LogP contribution in [0.2, 0.25) is 5.02 Å². The molecule has 1 aliphatic carbocycles. The Morgan fingerprint density at radius 3 is 2.30 bits per heavy atom. The minimum Gasteiger partial charge on any atom is -0.324 e. The lowest BCUT2D eigenvalue weighted by Gasteiger charge is -2.29. The molecule has 6 heteroatoms. The van der Waals surface area contributed by atoms with Gasteiger partial charge in [-0.15, -0.1) is 0 Å². The highest BCUT2D eigenvalue weighted by Gasteiger charge is 2.38. The van der Waals surface area contributed by atoms with Gasteiger partial charge in [-0.3, -0.25) is 0 Å². The Kier molecular flexibility index (Phi) is 4.59. The quantitative estimate of drug-likeness (QED) is 0.758. The summed E-state index contributed by atoms with van der Waals surface area (Å²) in [5.74, 6) is -1.17. The van der Waals surface area contributed by atoms with E-state index in [9.17, 15) is 17.6 Å². The molecular formula is C14H16ClF4N. The lowest BCUT2D eigenvalue weighted by atomic mass is 9.80. The molecular weight excluding hydrogens is 294 g/mol. The van der Waals surface area contributed by atoms with Gasteiger partial charge in [0.15, 0.2) is 0 Å². The number of nitrogens with two attached hydrogens (primary N) is 1. The summed E-state index contributed by atoms with van der Waals surface area (Å²) in [5.41, 5.74) is 4.43. The van der Waals surface area contributed by atoms with Crippen molar-refractivity contribution in [2.45, 2.75) is 44.3 Å². The summed E-state index contributed by atoms with van der Waals surface area (Å²) in [4.78, 5) is 0. The molecule has 0 aliphatic heterocycles. The molecule has 112 valence electrons. The van der Waals surface area contributed by atoms with Crippen molar-refractivity contribution >= 4 is 11.6 Å². The molecule has 0 radical (unpaired) electrons. The third kappa shape index (κ3) is 3.09. The molecule has 1 atom stereocenters. The third-order valence-electron chi connectivity index (χ3n) is 3.93. The first-order valence-electron chi connectivity index (χ1n) is 6.63. The summed E-state index contributed by atoms with van der Waals surface area (Å²) in [7, 11) is 0. The molecule has 0 amide bonds. The molecule has 0 aromatic heterocycles. The molecule has 1 aliphatic rings. The average molecular weight is 310 g/mol. The summed E-state index contributed by atoms with van der Waals surface area (Å²) in [6.45, 7) is 0. The highest BCUT2D eigenvalue weighted by atomic mass is 35.5. The van der Waals surface area contributed by atoms with Crippen molar-refractivity contribution in [3.8, 4) is 0 Å². The van der Waals surface area contributed by atoms with Gasteiger partial charge in [-0.2, -0.15) is 13.2 Å². The predicted octanol–water partition coefficient (Wildman–Crippen LogP) is 5.08. The van der Waals surface area contributed by atoms with Crippen molar-refractivity contribution in [2.24, 2.45) is 11.7 Å². The van der Waals surface area contributed by atoms with Crippen LogP contribution in [0.3, 0.4) is 0 Å². The normalized spacial score (nSPS) is 19.1. The van der Waals surface area contributed by atoms with Crippen LogP contribution in [-0.2, 0) is 6.18 Å². The molecule has 2 rings (SSSR count). The van der Waals surface area contributed by atoms with Crippen molar-refractivity contribution in [3.63, 3.8) is 0 Å². The molecule has 1 saturated carbocycles. The predicted molar refractivity (Wildman–Crippen MR) is 69.9 cm³/mol. The van der Waals surface area contributed by atoms with Crippen LogP contribution in [0.5, 0.6) is 0 Å². The van der Waals surface area contributed by atoms with E-state index >= 15 is 0 Å². The van der Waals surface area contributed by atoms with E-state index in [1.54, 1.807) is 0 Å². The lowest BCUT2D eigenvalue weighted by Crippen LogP contribution is -2.27. The molecule has 1 fully saturated rings. The second kappa shape index (κ2) is 5.90. The van der Waals surface area contributed by atoms with Crippen molar-refractivity contribution < 1.29 is 17.6 Å². The van der Waals surface area contributed by atoms with Crippen LogP contribution in [-0.4, -0.2) is 0 Å². The van der Waals surface area contributed by atoms with Gasteiger partial charge in [0.1, 0.15) is 5.82 Å². The second-order valence-electron chi connectivity index (χ2n) is 5.24. The maximum Gasteiger partial charge on any atom is 0.416 e. The van der Waals surface area contributed by atoms with Crippen molar-refractivity contribution in [2.75, 3.05) is 0 Å². The summed E-state index contributed by atoms with van der Waals surface area (Å²) in [6.07, 6.45) is -0.293. The molecule has 0 saturated heterocycles. The van der Waals surface area contributed by atoms with Gasteiger partial charge in [-0.05, 0) is 30.9 Å². The Balaban J connectivity index is 2.44. The van der Waals surface area contributed by atoms with E-state index in [2.05, 4.69) is 0 Å². The standard InChI is InChI=1S/C14H16ClF4N/c15-10-7-6-9(14(17,18)19)11(12(10)16)13(20)8-4-2-1-3-5-8/h6-8,13H,1-5,20H2/t13-/m1/s1. The largest absolute Gasteiger partial charge is 0.416 e. The number of rotatable bonds is 2. The van der Waals surface area contributed by atoms with Crippen molar-refractivity contribution in [3.05, 3.63) is 34.1 Å². The zero-order chi connectivity index (χ0) is 14.9. The third-order valence-corrected chi connectivity index (χ3v) is 4.22. The summed E-state index contributed by atoms with van der Waals surface area (Å²) in [6, 6.07) is 0.769. The number of halogens is 5. The van der Waals surface area contributed by atoms with Gasteiger partial charge < -0.3 is 5.73 Å². The summed E-state index contributed by atoms with van der Waals surface area (Å²) in [5, 5.41) is -0.320. The molecule has 2 N–H and O–H groups in total. The van der Waals surface area contributed by atoms with Gasteiger partial charge in [-0.25, -0.2) is 4.39 Å². The van der Waals surface area contributed by atoms with Crippen molar-refractivity contribution in [1.82, 2.24) is 0 Å². The molecule has 0 spiro atoms. The minimum atomic E-state index is -4.63. The highest BCUT2D eigenvalue weighted by Crippen LogP contribution is 2.42. The van der Waals surface area contributed by atoms with Gasteiger partial charge in [0, 0.05) is 11.6 Å². The molecule has 0 bridgehead atoms. The smallest absolute Gasteiger partial charge is 0.324 e. The summed E-state index contributed by atoms with van der Waals surface area (Å²) < 4.78 is 53.2. The molecule has 1 aromatic rings. The highest BCUT2D eigenvalue weighted by molar-refractivity contribution is 6.30. The van der Waals surface area contributed by atoms with Crippen LogP contribution < -0.4 is 5.73 Å². The van der Waals surface area contributed by atoms with E-state index in [-0.39, 0.29) is 10.9 Å². The van der Waals surface area contributed by atoms with E-state index in [4.69, 9.17) is 17.3 Å². The van der Waals surface area contributed by atoms with Crippen LogP contribution in [0.15, 0.2) is 12.1 Å². The fraction of sp³-hybridized carbons (Fsp3) is 0.571. The lowest BCUT2D eigenvalue weighted by molar-refractivity contribution is -0.138. The molecule has 20 heavy (non-hydrogen) atoms. The Morgan fingerprint density at radius 2 is 1.75 bits per heavy atom. The molecule has 0 heterocycles. The van der Waals surface area contributed by atoms with Crippen LogP contribution in [0, 0.1) is 11.7 Å². The van der Waals surface area contributed by atoms with Crippen LogP contribution >= 0.6 is 11.6 Å². The number of hydrogen-bond acceptors (Lipinski definition) is 1. The first-order valence-corrected chi connectivity index (χ1v) is 7.01. The first-order chi connectivity index (χ1) is 9.32. The number of alkyl halides is 3. The van der Waals surface area contributed by atoms with Gasteiger partial charge in [0.05, 0.1) is 10.6 Å². The van der Waals surface area contributed by atoms with Crippen molar-refractivity contribution in [1.29, 1.82) is 0 Å². The Labute approximate surface area is 120 Å². The van der Waals surface area contributed by atoms with E-state index in [0.29, 0.717) is 0 Å². The zero-order valence-electron chi connectivity index (χ0n) is 10.8. The van der Waals surface area contributed by atoms with E-state index in [1.165, 1.54) is 0 Å². The molecule has 1 aromatic carbocycles. The van der Waals surface area contributed by atoms with E-state index in [0.717, 1.165) is 44.2 Å². The fourth-order valence-corrected chi connectivity index (χ4v) is 3.03. The van der Waals surface area contributed by atoms with Crippen LogP contribution in [0.4, 0.5) is 17.6 Å². The minimum absolute atomic E-state index is 0.127. The fourth-order valence-electron chi connectivity index (χ4n) is 2.87. The Bertz CT molecular complexity index is 481. The topological polar surface area (TPSA) is 26.0 Å². The zero-order valence-corrected chi connectivity index (χ0v) is 11.6. The first kappa shape index (κ1) is 15.6. The van der Waals surface area contributed by atoms with Gasteiger partial charge in [0.2, 0.25) is 0 Å². The van der Waals surface area contributed by atoms with Crippen LogP contribution in [0.25, 0.3) is 0 Å². The maximum absolute atomic E-state index is 14.1. The average Bonchev–Trinajstić information content (AvgIpc) is 2.40. The molecule has 0 unspecified atom stereocenters. The SMILES string of the molecule is N[C@@H](c1c(C(F)(F)F)ccc(Cl)c1F)C1CCCCC1. The Morgan fingerprint density at radius 1 is 1.15 bits per heavy atom. The molecule has 1 nitrogen and oxygen atoms in total. The Hall–Kier alpha value is -0.810. The second-order valence-corrected chi connectivity index (χ2v) is 5.65. The maximum atomic E-state index is 14.1. The number of hydrogen-bond donors (Lipinski definition) is 1. The van der Waals surface area contributed by atoms with E-state index < -0.39 is 29.2 Å². The number of benzene rings is 1. The summed E-state index contributed by atoms with van der Waals surface area (Å²) >= 11 is 5.62. The monoisotopic (exact) mass is 309 g/mol. The van der Waals surface area contributed by atoms with E-state index in [1.807, 2.05) is 0 Å². The van der Waals surface area contributed by atoms with Crippen LogP contribution in [0.1, 0.15) is 49.3 Å². The van der Waals surface area contributed by atoms with Gasteiger partial charge in [0.25, 0.3) is 0 Å². The van der Waals surface area contributed by atoms with Gasteiger partial charge >= 0.3 is 6.18 Å². The van der Waals surface area contributed by atoms with Gasteiger partial charge in [-0.1, -0.05) is 30.9 Å².